The van der Waals surface area contributed by atoms with Crippen molar-refractivity contribution in [3.05, 3.63) is 64.9 Å². The van der Waals surface area contributed by atoms with Crippen LogP contribution in [0.15, 0.2) is 48.8 Å². The number of halogens is 1. The summed E-state index contributed by atoms with van der Waals surface area (Å²) in [6.45, 7) is 2.08. The molecule has 0 unspecified atom stereocenters. The topological polar surface area (TPSA) is 79.0 Å². The third kappa shape index (κ3) is 3.42. The number of aromatic nitrogens is 2. The van der Waals surface area contributed by atoms with Crippen LogP contribution in [-0.4, -0.2) is 29.0 Å². The van der Waals surface area contributed by atoms with Gasteiger partial charge in [0.25, 0.3) is 5.91 Å². The summed E-state index contributed by atoms with van der Waals surface area (Å²) in [7, 11) is 0. The zero-order valence-corrected chi connectivity index (χ0v) is 14.6. The Labute approximate surface area is 155 Å². The van der Waals surface area contributed by atoms with Crippen LogP contribution < -0.4 is 15.4 Å². The number of nitrogens with zero attached hydrogens (tertiary/aromatic N) is 1. The van der Waals surface area contributed by atoms with Gasteiger partial charge in [-0.3, -0.25) is 4.79 Å². The second kappa shape index (κ2) is 7.19. The number of carbonyl (C=O) groups is 1. The fraction of sp³-hybridized carbons (Fsp3) is 0.158. The summed E-state index contributed by atoms with van der Waals surface area (Å²) < 4.78 is 5.64. The summed E-state index contributed by atoms with van der Waals surface area (Å²) in [6, 6.07) is 10.8. The first kappa shape index (κ1) is 16.6. The van der Waals surface area contributed by atoms with Gasteiger partial charge in [0.1, 0.15) is 18.2 Å². The standard InChI is InChI=1S/C19H17ClN4O2/c20-15-10-12(18-22-5-6-23-18)1-3-16(15)24-19(25)13-2-4-17-14(9-13)11-21-7-8-26-17/h1-6,9-10,21H,7-8,11H2,(H,22,23)(H,24,25). The van der Waals surface area contributed by atoms with Crippen molar-refractivity contribution in [2.24, 2.45) is 0 Å². The molecule has 1 aromatic heterocycles. The zero-order valence-electron chi connectivity index (χ0n) is 13.9. The summed E-state index contributed by atoms with van der Waals surface area (Å²) in [5, 5.41) is 6.57. The van der Waals surface area contributed by atoms with Crippen LogP contribution in [0.25, 0.3) is 11.4 Å². The number of hydrogen-bond acceptors (Lipinski definition) is 4. The highest BCUT2D eigenvalue weighted by atomic mass is 35.5. The number of anilines is 1. The van der Waals surface area contributed by atoms with Crippen molar-refractivity contribution in [3.63, 3.8) is 0 Å². The van der Waals surface area contributed by atoms with Crippen LogP contribution in [0.3, 0.4) is 0 Å². The Morgan fingerprint density at radius 2 is 2.15 bits per heavy atom. The van der Waals surface area contributed by atoms with Crippen molar-refractivity contribution in [2.45, 2.75) is 6.54 Å². The van der Waals surface area contributed by atoms with Gasteiger partial charge in [-0.1, -0.05) is 11.6 Å². The van der Waals surface area contributed by atoms with Crippen LogP contribution in [0.4, 0.5) is 5.69 Å². The van der Waals surface area contributed by atoms with E-state index in [4.69, 9.17) is 16.3 Å². The first-order valence-electron chi connectivity index (χ1n) is 8.28. The average Bonchev–Trinajstić information content (AvgIpc) is 3.08. The number of aromatic amines is 1. The van der Waals surface area contributed by atoms with E-state index in [0.29, 0.717) is 29.4 Å². The summed E-state index contributed by atoms with van der Waals surface area (Å²) in [5.74, 6) is 1.32. The van der Waals surface area contributed by atoms with Crippen LogP contribution in [0, 0.1) is 0 Å². The largest absolute Gasteiger partial charge is 0.492 e. The van der Waals surface area contributed by atoms with Crippen LogP contribution in [-0.2, 0) is 6.54 Å². The number of fused-ring (bicyclic) bond motifs is 1. The van der Waals surface area contributed by atoms with E-state index in [-0.39, 0.29) is 5.91 Å². The van der Waals surface area contributed by atoms with Crippen molar-refractivity contribution in [1.82, 2.24) is 15.3 Å². The molecule has 0 fully saturated rings. The Hall–Kier alpha value is -2.83. The molecule has 132 valence electrons. The lowest BCUT2D eigenvalue weighted by atomic mass is 10.1. The summed E-state index contributed by atoms with van der Waals surface area (Å²) in [5.41, 5.74) is 2.93. The van der Waals surface area contributed by atoms with Gasteiger partial charge in [0.15, 0.2) is 0 Å². The lowest BCUT2D eigenvalue weighted by molar-refractivity contribution is 0.102. The number of nitrogens with one attached hydrogen (secondary N) is 3. The lowest BCUT2D eigenvalue weighted by Gasteiger charge is -2.11. The molecular weight excluding hydrogens is 352 g/mol. The third-order valence-corrected chi connectivity index (χ3v) is 4.48. The normalized spacial score (nSPS) is 13.4. The Kier molecular flexibility index (Phi) is 4.60. The summed E-state index contributed by atoms with van der Waals surface area (Å²) in [4.78, 5) is 19.8. The van der Waals surface area contributed by atoms with Gasteiger partial charge in [-0.2, -0.15) is 0 Å². The predicted molar refractivity (Wildman–Crippen MR) is 101 cm³/mol. The molecule has 0 aliphatic carbocycles. The minimum atomic E-state index is -0.218. The number of rotatable bonds is 3. The molecule has 3 N–H and O–H groups in total. The van der Waals surface area contributed by atoms with Crippen LogP contribution in [0.5, 0.6) is 5.75 Å². The maximum atomic E-state index is 12.6. The number of hydrogen-bond donors (Lipinski definition) is 3. The van der Waals surface area contributed by atoms with Gasteiger partial charge in [0.05, 0.1) is 10.7 Å². The second-order valence-corrected chi connectivity index (χ2v) is 6.34. The molecule has 2 aromatic carbocycles. The number of amides is 1. The zero-order chi connectivity index (χ0) is 17.9. The molecule has 26 heavy (non-hydrogen) atoms. The Bertz CT molecular complexity index is 941. The van der Waals surface area contributed by atoms with Crippen molar-refractivity contribution in [1.29, 1.82) is 0 Å². The molecule has 7 heteroatoms. The fourth-order valence-electron chi connectivity index (χ4n) is 2.84. The molecule has 2 heterocycles. The molecule has 1 amide bonds. The number of H-pyrrole nitrogens is 1. The van der Waals surface area contributed by atoms with Crippen LogP contribution in [0.1, 0.15) is 15.9 Å². The van der Waals surface area contributed by atoms with E-state index >= 15 is 0 Å². The predicted octanol–water partition coefficient (Wildman–Crippen LogP) is 3.46. The van der Waals surface area contributed by atoms with Crippen molar-refractivity contribution < 1.29 is 9.53 Å². The number of carbonyl (C=O) groups excluding carboxylic acids is 1. The highest BCUT2D eigenvalue weighted by Gasteiger charge is 2.14. The molecule has 3 aromatic rings. The van der Waals surface area contributed by atoms with E-state index in [2.05, 4.69) is 20.6 Å². The van der Waals surface area contributed by atoms with Gasteiger partial charge in [0.2, 0.25) is 0 Å². The van der Waals surface area contributed by atoms with Crippen molar-refractivity contribution in [3.8, 4) is 17.1 Å². The van der Waals surface area contributed by atoms with Gasteiger partial charge in [-0.25, -0.2) is 4.98 Å². The first-order valence-corrected chi connectivity index (χ1v) is 8.65. The van der Waals surface area contributed by atoms with E-state index in [0.717, 1.165) is 29.2 Å². The summed E-state index contributed by atoms with van der Waals surface area (Å²) >= 11 is 6.33. The summed E-state index contributed by atoms with van der Waals surface area (Å²) in [6.07, 6.45) is 3.42. The van der Waals surface area contributed by atoms with Crippen molar-refractivity contribution >= 4 is 23.2 Å². The maximum Gasteiger partial charge on any atom is 0.255 e. The Morgan fingerprint density at radius 1 is 1.23 bits per heavy atom. The molecule has 6 nitrogen and oxygen atoms in total. The Morgan fingerprint density at radius 3 is 2.96 bits per heavy atom. The molecular formula is C19H17ClN4O2. The maximum absolute atomic E-state index is 12.6. The quantitative estimate of drug-likeness (QED) is 0.661. The average molecular weight is 369 g/mol. The smallest absolute Gasteiger partial charge is 0.255 e. The Balaban J connectivity index is 1.54. The lowest BCUT2D eigenvalue weighted by Crippen LogP contribution is -2.16. The van der Waals surface area contributed by atoms with E-state index in [1.807, 2.05) is 18.2 Å². The van der Waals surface area contributed by atoms with Gasteiger partial charge >= 0.3 is 0 Å². The van der Waals surface area contributed by atoms with Gasteiger partial charge in [-0.05, 0) is 36.4 Å². The van der Waals surface area contributed by atoms with Crippen LogP contribution in [0.2, 0.25) is 5.02 Å². The fourth-order valence-corrected chi connectivity index (χ4v) is 3.07. The third-order valence-electron chi connectivity index (χ3n) is 4.16. The minimum absolute atomic E-state index is 0.218. The van der Waals surface area contributed by atoms with E-state index in [1.165, 1.54) is 0 Å². The monoisotopic (exact) mass is 368 g/mol. The molecule has 0 saturated carbocycles. The van der Waals surface area contributed by atoms with E-state index in [1.54, 1.807) is 30.6 Å². The number of benzene rings is 2. The molecule has 1 aliphatic heterocycles. The second-order valence-electron chi connectivity index (χ2n) is 5.93. The molecule has 4 rings (SSSR count). The molecule has 1 aliphatic rings. The molecule has 0 atom stereocenters. The molecule has 0 radical (unpaired) electrons. The molecule has 0 spiro atoms. The van der Waals surface area contributed by atoms with Gasteiger partial charge in [-0.15, -0.1) is 0 Å². The van der Waals surface area contributed by atoms with Crippen LogP contribution >= 0.6 is 11.6 Å². The van der Waals surface area contributed by atoms with E-state index < -0.39 is 0 Å². The highest BCUT2D eigenvalue weighted by Crippen LogP contribution is 2.28. The van der Waals surface area contributed by atoms with E-state index in [9.17, 15) is 4.79 Å². The highest BCUT2D eigenvalue weighted by molar-refractivity contribution is 6.34. The first-order chi connectivity index (χ1) is 12.7. The minimum Gasteiger partial charge on any atom is -0.492 e. The van der Waals surface area contributed by atoms with Gasteiger partial charge < -0.3 is 20.4 Å². The van der Waals surface area contributed by atoms with Crippen molar-refractivity contribution in [2.75, 3.05) is 18.5 Å². The SMILES string of the molecule is O=C(Nc1ccc(-c2ncc[nH]2)cc1Cl)c1ccc2c(c1)CNCCO2. The number of ether oxygens (including phenoxy) is 1. The molecule has 0 bridgehead atoms. The number of imidazole rings is 1. The van der Waals surface area contributed by atoms with Gasteiger partial charge in [0, 0.05) is 42.2 Å². The molecule has 0 saturated heterocycles.